The molecule has 0 spiro atoms. The number of H-pyrrole nitrogens is 1. The first-order valence-electron chi connectivity index (χ1n) is 8.50. The van der Waals surface area contributed by atoms with Crippen LogP contribution in [0.5, 0.6) is 0 Å². The highest BCUT2D eigenvalue weighted by Crippen LogP contribution is 2.37. The molecule has 0 amide bonds. The summed E-state index contributed by atoms with van der Waals surface area (Å²) in [6, 6.07) is 0. The molecule has 0 bridgehead atoms. The minimum Gasteiger partial charge on any atom is -0.393 e. The SMILES string of the molecule is CC(C)c1n[nH]c([C@H]2C[C@H](CNCC3(O)CCC3)[C@H](O)C2)n1. The number of aromatic amines is 1. The summed E-state index contributed by atoms with van der Waals surface area (Å²) in [5.41, 5.74) is -0.500. The smallest absolute Gasteiger partial charge is 0.153 e. The van der Waals surface area contributed by atoms with Crippen LogP contribution in [0.3, 0.4) is 0 Å². The lowest BCUT2D eigenvalue weighted by Gasteiger charge is -2.37. The molecule has 3 atom stereocenters. The predicted molar refractivity (Wildman–Crippen MR) is 83.6 cm³/mol. The molecular weight excluding hydrogens is 280 g/mol. The lowest BCUT2D eigenvalue weighted by Crippen LogP contribution is -2.47. The van der Waals surface area contributed by atoms with E-state index in [4.69, 9.17) is 0 Å². The number of aromatic nitrogens is 3. The maximum absolute atomic E-state index is 10.3. The number of rotatable bonds is 6. The van der Waals surface area contributed by atoms with Crippen LogP contribution in [0.4, 0.5) is 0 Å². The summed E-state index contributed by atoms with van der Waals surface area (Å²) >= 11 is 0. The normalized spacial score (nSPS) is 30.7. The van der Waals surface area contributed by atoms with Gasteiger partial charge in [0, 0.05) is 24.9 Å². The van der Waals surface area contributed by atoms with E-state index in [0.717, 1.165) is 50.3 Å². The minimum absolute atomic E-state index is 0.223. The molecule has 2 saturated carbocycles. The monoisotopic (exact) mass is 308 g/mol. The topological polar surface area (TPSA) is 94.1 Å². The summed E-state index contributed by atoms with van der Waals surface area (Å²) in [4.78, 5) is 4.56. The van der Waals surface area contributed by atoms with Gasteiger partial charge < -0.3 is 15.5 Å². The van der Waals surface area contributed by atoms with Gasteiger partial charge in [-0.05, 0) is 38.0 Å². The van der Waals surface area contributed by atoms with Gasteiger partial charge in [0.1, 0.15) is 5.82 Å². The molecule has 2 aliphatic rings. The van der Waals surface area contributed by atoms with Crippen molar-refractivity contribution in [3.05, 3.63) is 11.6 Å². The highest BCUT2D eigenvalue weighted by atomic mass is 16.3. The van der Waals surface area contributed by atoms with E-state index in [-0.39, 0.29) is 17.9 Å². The average molecular weight is 308 g/mol. The average Bonchev–Trinajstić information content (AvgIpc) is 3.04. The highest BCUT2D eigenvalue weighted by Gasteiger charge is 2.37. The van der Waals surface area contributed by atoms with Gasteiger partial charge in [-0.3, -0.25) is 5.10 Å². The largest absolute Gasteiger partial charge is 0.393 e. The molecule has 0 saturated heterocycles. The quantitative estimate of drug-likeness (QED) is 0.635. The second-order valence-electron chi connectivity index (χ2n) is 7.44. The molecule has 22 heavy (non-hydrogen) atoms. The number of hydrogen-bond acceptors (Lipinski definition) is 5. The van der Waals surface area contributed by atoms with Crippen molar-refractivity contribution in [2.24, 2.45) is 5.92 Å². The van der Waals surface area contributed by atoms with Crippen molar-refractivity contribution in [3.63, 3.8) is 0 Å². The summed E-state index contributed by atoms with van der Waals surface area (Å²) in [6.07, 6.45) is 4.26. The van der Waals surface area contributed by atoms with E-state index in [1.807, 2.05) is 0 Å². The molecule has 124 valence electrons. The molecule has 1 heterocycles. The third-order valence-electron chi connectivity index (χ3n) is 5.23. The van der Waals surface area contributed by atoms with E-state index in [9.17, 15) is 10.2 Å². The Morgan fingerprint density at radius 2 is 2.14 bits per heavy atom. The first kappa shape index (κ1) is 15.9. The molecule has 0 unspecified atom stereocenters. The highest BCUT2D eigenvalue weighted by molar-refractivity contribution is 5.05. The van der Waals surface area contributed by atoms with E-state index in [1.165, 1.54) is 0 Å². The molecule has 4 N–H and O–H groups in total. The van der Waals surface area contributed by atoms with Crippen molar-refractivity contribution in [2.45, 2.75) is 69.5 Å². The van der Waals surface area contributed by atoms with E-state index in [1.54, 1.807) is 0 Å². The fraction of sp³-hybridized carbons (Fsp3) is 0.875. The third-order valence-corrected chi connectivity index (χ3v) is 5.23. The predicted octanol–water partition coefficient (Wildman–Crippen LogP) is 1.29. The van der Waals surface area contributed by atoms with Gasteiger partial charge in [-0.2, -0.15) is 5.10 Å². The second kappa shape index (κ2) is 6.26. The molecule has 0 aliphatic heterocycles. The van der Waals surface area contributed by atoms with Gasteiger partial charge in [-0.1, -0.05) is 13.8 Å². The molecule has 2 aliphatic carbocycles. The van der Waals surface area contributed by atoms with Crippen LogP contribution in [0.15, 0.2) is 0 Å². The zero-order valence-electron chi connectivity index (χ0n) is 13.5. The Hall–Kier alpha value is -0.980. The van der Waals surface area contributed by atoms with Crippen molar-refractivity contribution in [1.29, 1.82) is 0 Å². The fourth-order valence-electron chi connectivity index (χ4n) is 3.53. The number of aliphatic hydroxyl groups excluding tert-OH is 1. The van der Waals surface area contributed by atoms with Gasteiger partial charge in [0.15, 0.2) is 5.82 Å². The summed E-state index contributed by atoms with van der Waals surface area (Å²) < 4.78 is 0. The number of nitrogens with zero attached hydrogens (tertiary/aromatic N) is 2. The first-order chi connectivity index (χ1) is 10.5. The van der Waals surface area contributed by atoms with Crippen molar-refractivity contribution >= 4 is 0 Å². The zero-order valence-corrected chi connectivity index (χ0v) is 13.5. The van der Waals surface area contributed by atoms with Crippen molar-refractivity contribution in [3.8, 4) is 0 Å². The molecule has 1 aromatic rings. The molecular formula is C16H28N4O2. The van der Waals surface area contributed by atoms with Crippen LogP contribution in [0, 0.1) is 5.92 Å². The Morgan fingerprint density at radius 3 is 2.73 bits per heavy atom. The Labute approximate surface area is 131 Å². The Kier molecular flexibility index (Phi) is 4.52. The zero-order chi connectivity index (χ0) is 15.7. The van der Waals surface area contributed by atoms with Crippen molar-refractivity contribution in [1.82, 2.24) is 20.5 Å². The van der Waals surface area contributed by atoms with Gasteiger partial charge in [-0.25, -0.2) is 4.98 Å². The van der Waals surface area contributed by atoms with Crippen LogP contribution in [0.1, 0.15) is 69.4 Å². The molecule has 6 heteroatoms. The van der Waals surface area contributed by atoms with E-state index < -0.39 is 5.60 Å². The van der Waals surface area contributed by atoms with Crippen LogP contribution < -0.4 is 5.32 Å². The molecule has 1 aromatic heterocycles. The number of aliphatic hydroxyl groups is 2. The molecule has 6 nitrogen and oxygen atoms in total. The number of hydrogen-bond donors (Lipinski definition) is 4. The molecule has 0 radical (unpaired) electrons. The molecule has 0 aromatic carbocycles. The van der Waals surface area contributed by atoms with Gasteiger partial charge in [0.25, 0.3) is 0 Å². The Balaban J connectivity index is 1.50. The summed E-state index contributed by atoms with van der Waals surface area (Å²) in [5.74, 6) is 2.55. The first-order valence-corrected chi connectivity index (χ1v) is 8.50. The van der Waals surface area contributed by atoms with E-state index in [0.29, 0.717) is 12.5 Å². The lowest BCUT2D eigenvalue weighted by molar-refractivity contribution is -0.0325. The van der Waals surface area contributed by atoms with Crippen molar-refractivity contribution < 1.29 is 10.2 Å². The Morgan fingerprint density at radius 1 is 1.36 bits per heavy atom. The van der Waals surface area contributed by atoms with Crippen LogP contribution in [0.25, 0.3) is 0 Å². The van der Waals surface area contributed by atoms with Crippen LogP contribution in [0.2, 0.25) is 0 Å². The van der Waals surface area contributed by atoms with E-state index in [2.05, 4.69) is 34.3 Å². The Bertz CT molecular complexity index is 498. The second-order valence-corrected chi connectivity index (χ2v) is 7.44. The van der Waals surface area contributed by atoms with Crippen LogP contribution in [-0.4, -0.2) is 50.2 Å². The third kappa shape index (κ3) is 3.34. The summed E-state index contributed by atoms with van der Waals surface area (Å²) in [5, 5.41) is 31.0. The van der Waals surface area contributed by atoms with Crippen molar-refractivity contribution in [2.75, 3.05) is 13.1 Å². The van der Waals surface area contributed by atoms with Gasteiger partial charge in [0.2, 0.25) is 0 Å². The van der Waals surface area contributed by atoms with Gasteiger partial charge in [0.05, 0.1) is 11.7 Å². The minimum atomic E-state index is -0.500. The van der Waals surface area contributed by atoms with Crippen LogP contribution in [-0.2, 0) is 0 Å². The lowest BCUT2D eigenvalue weighted by atomic mass is 9.80. The fourth-order valence-corrected chi connectivity index (χ4v) is 3.53. The number of nitrogens with one attached hydrogen (secondary N) is 2. The van der Waals surface area contributed by atoms with Gasteiger partial charge in [-0.15, -0.1) is 0 Å². The summed E-state index contributed by atoms with van der Waals surface area (Å²) in [7, 11) is 0. The van der Waals surface area contributed by atoms with Crippen LogP contribution >= 0.6 is 0 Å². The standard InChI is InChI=1S/C16H28N4O2/c1-10(2)14-18-15(20-19-14)11-6-12(13(21)7-11)8-17-9-16(22)4-3-5-16/h10-13,17,21-22H,3-9H2,1-2H3,(H,18,19,20)/t11-,12+,13+/m0/s1. The van der Waals surface area contributed by atoms with Gasteiger partial charge >= 0.3 is 0 Å². The molecule has 2 fully saturated rings. The summed E-state index contributed by atoms with van der Waals surface area (Å²) in [6.45, 7) is 5.55. The maximum Gasteiger partial charge on any atom is 0.153 e. The molecule has 3 rings (SSSR count). The van der Waals surface area contributed by atoms with E-state index >= 15 is 0 Å². The maximum atomic E-state index is 10.3.